The molecule has 2 aromatic rings. The highest BCUT2D eigenvalue weighted by molar-refractivity contribution is 8.26. The fourth-order valence-corrected chi connectivity index (χ4v) is 5.75. The number of benzene rings is 1. The van der Waals surface area contributed by atoms with E-state index < -0.39 is 0 Å². The normalized spacial score (nSPS) is 19.9. The molecular weight excluding hydrogens is 452 g/mol. The van der Waals surface area contributed by atoms with Gasteiger partial charge in [-0.2, -0.15) is 5.26 Å². The first kappa shape index (κ1) is 23.3. The number of thioether (sulfide) groups is 1. The number of rotatable bonds is 4. The molecule has 0 spiro atoms. The number of hydrogen-bond donors (Lipinski definition) is 0. The SMILES string of the molecule is Cc1c(/C=C2\SC(=S)N(Cc3ccccc3)C2=O)c(N2CCCC(C)C2)n(C)c(=O)c1C#N. The maximum absolute atomic E-state index is 13.3. The van der Waals surface area contributed by atoms with E-state index in [0.29, 0.717) is 27.3 Å². The molecule has 1 aromatic carbocycles. The molecule has 1 aromatic heterocycles. The van der Waals surface area contributed by atoms with E-state index in [4.69, 9.17) is 12.2 Å². The standard InChI is InChI=1S/C25H26N4O2S2/c1-16-8-7-11-28(14-16)22-19(17(2)20(13-26)23(30)27(22)3)12-21-24(31)29(25(32)33-21)15-18-9-5-4-6-10-18/h4-6,9-10,12,16H,7-8,11,14-15H2,1-3H3/b21-12-. The predicted molar refractivity (Wildman–Crippen MR) is 137 cm³/mol. The van der Waals surface area contributed by atoms with Gasteiger partial charge in [0.05, 0.1) is 11.4 Å². The van der Waals surface area contributed by atoms with Crippen LogP contribution in [0.3, 0.4) is 0 Å². The minimum absolute atomic E-state index is 0.109. The number of pyridine rings is 1. The number of piperidine rings is 1. The lowest BCUT2D eigenvalue weighted by molar-refractivity contribution is -0.122. The summed E-state index contributed by atoms with van der Waals surface area (Å²) in [6, 6.07) is 11.8. The monoisotopic (exact) mass is 478 g/mol. The van der Waals surface area contributed by atoms with Crippen molar-refractivity contribution in [3.05, 3.63) is 67.8 Å². The predicted octanol–water partition coefficient (Wildman–Crippen LogP) is 4.20. The maximum atomic E-state index is 13.3. The van der Waals surface area contributed by atoms with Crippen molar-refractivity contribution in [2.45, 2.75) is 33.2 Å². The molecule has 3 heterocycles. The quantitative estimate of drug-likeness (QED) is 0.485. The number of nitrogens with zero attached hydrogens (tertiary/aromatic N) is 4. The van der Waals surface area contributed by atoms with Crippen LogP contribution in [0.15, 0.2) is 40.0 Å². The van der Waals surface area contributed by atoms with Crippen LogP contribution >= 0.6 is 24.0 Å². The van der Waals surface area contributed by atoms with Gasteiger partial charge in [-0.05, 0) is 42.9 Å². The van der Waals surface area contributed by atoms with Crippen LogP contribution in [0.2, 0.25) is 0 Å². The van der Waals surface area contributed by atoms with Gasteiger partial charge in [0.15, 0.2) is 0 Å². The molecule has 6 nitrogen and oxygen atoms in total. The van der Waals surface area contributed by atoms with Crippen LogP contribution < -0.4 is 10.5 Å². The van der Waals surface area contributed by atoms with Gasteiger partial charge in [-0.25, -0.2) is 0 Å². The first-order valence-corrected chi connectivity index (χ1v) is 12.2. The molecule has 1 unspecified atom stereocenters. The Kier molecular flexibility index (Phi) is 6.73. The van der Waals surface area contributed by atoms with Gasteiger partial charge in [-0.15, -0.1) is 0 Å². The van der Waals surface area contributed by atoms with E-state index in [1.165, 1.54) is 11.8 Å². The van der Waals surface area contributed by atoms with E-state index in [0.717, 1.165) is 42.9 Å². The van der Waals surface area contributed by atoms with Gasteiger partial charge in [-0.3, -0.25) is 19.1 Å². The van der Waals surface area contributed by atoms with Crippen LogP contribution in [-0.4, -0.2) is 32.8 Å². The molecule has 0 saturated carbocycles. The van der Waals surface area contributed by atoms with Gasteiger partial charge in [0.2, 0.25) is 0 Å². The Morgan fingerprint density at radius 1 is 1.27 bits per heavy atom. The molecule has 0 radical (unpaired) electrons. The van der Waals surface area contributed by atoms with Crippen LogP contribution in [0, 0.1) is 24.2 Å². The Morgan fingerprint density at radius 2 is 2.00 bits per heavy atom. The average molecular weight is 479 g/mol. The summed E-state index contributed by atoms with van der Waals surface area (Å²) in [5.74, 6) is 1.11. The van der Waals surface area contributed by atoms with Crippen molar-refractivity contribution >= 4 is 46.1 Å². The topological polar surface area (TPSA) is 69.3 Å². The Bertz CT molecular complexity index is 1240. The van der Waals surface area contributed by atoms with Crippen molar-refractivity contribution in [1.29, 1.82) is 5.26 Å². The second kappa shape index (κ2) is 9.54. The summed E-state index contributed by atoms with van der Waals surface area (Å²) >= 11 is 6.78. The molecule has 4 rings (SSSR count). The first-order valence-electron chi connectivity index (χ1n) is 11.0. The molecule has 0 N–H and O–H groups in total. The number of hydrogen-bond acceptors (Lipinski definition) is 6. The molecule has 0 aliphatic carbocycles. The highest BCUT2D eigenvalue weighted by Crippen LogP contribution is 2.37. The van der Waals surface area contributed by atoms with E-state index in [-0.39, 0.29) is 17.0 Å². The zero-order valence-corrected chi connectivity index (χ0v) is 20.6. The average Bonchev–Trinajstić information content (AvgIpc) is 3.06. The third-order valence-corrected chi connectivity index (χ3v) is 7.63. The highest BCUT2D eigenvalue weighted by Gasteiger charge is 2.33. The first-order chi connectivity index (χ1) is 15.8. The fourth-order valence-electron chi connectivity index (χ4n) is 4.51. The number of thiocarbonyl (C=S) groups is 1. The second-order valence-corrected chi connectivity index (χ2v) is 10.3. The second-order valence-electron chi connectivity index (χ2n) is 8.66. The summed E-state index contributed by atoms with van der Waals surface area (Å²) in [4.78, 5) is 30.5. The third-order valence-electron chi connectivity index (χ3n) is 6.26. The minimum atomic E-state index is -0.308. The van der Waals surface area contributed by atoms with Crippen LogP contribution in [0.25, 0.3) is 6.08 Å². The molecule has 2 aliphatic heterocycles. The van der Waals surface area contributed by atoms with E-state index in [1.807, 2.05) is 36.4 Å². The van der Waals surface area contributed by atoms with Crippen molar-refractivity contribution in [2.75, 3.05) is 18.0 Å². The van der Waals surface area contributed by atoms with Crippen molar-refractivity contribution in [1.82, 2.24) is 9.47 Å². The van der Waals surface area contributed by atoms with Gasteiger partial charge in [-0.1, -0.05) is 61.2 Å². The lowest BCUT2D eigenvalue weighted by Gasteiger charge is -2.35. The van der Waals surface area contributed by atoms with E-state index in [1.54, 1.807) is 23.4 Å². The van der Waals surface area contributed by atoms with Crippen molar-refractivity contribution in [2.24, 2.45) is 13.0 Å². The molecule has 8 heteroatoms. The Labute approximate surface area is 203 Å². The van der Waals surface area contributed by atoms with Crippen LogP contribution in [0.1, 0.15) is 42.0 Å². The number of carbonyl (C=O) groups excluding carboxylic acids is 1. The van der Waals surface area contributed by atoms with E-state index in [9.17, 15) is 14.9 Å². The van der Waals surface area contributed by atoms with Gasteiger partial charge in [0.25, 0.3) is 11.5 Å². The molecule has 33 heavy (non-hydrogen) atoms. The number of nitriles is 1. The molecule has 2 fully saturated rings. The molecule has 1 amide bonds. The van der Waals surface area contributed by atoms with Crippen LogP contribution in [0.5, 0.6) is 0 Å². The van der Waals surface area contributed by atoms with Gasteiger partial charge in [0, 0.05) is 25.7 Å². The zero-order valence-electron chi connectivity index (χ0n) is 19.0. The third kappa shape index (κ3) is 4.48. The summed E-state index contributed by atoms with van der Waals surface area (Å²) in [5, 5.41) is 9.65. The summed E-state index contributed by atoms with van der Waals surface area (Å²) in [6.45, 7) is 6.06. The number of aromatic nitrogens is 1. The Hall–Kier alpha value is -2.89. The Morgan fingerprint density at radius 3 is 2.67 bits per heavy atom. The smallest absolute Gasteiger partial charge is 0.270 e. The number of carbonyl (C=O) groups is 1. The molecule has 0 bridgehead atoms. The summed E-state index contributed by atoms with van der Waals surface area (Å²) in [7, 11) is 1.70. The van der Waals surface area contributed by atoms with Gasteiger partial charge >= 0.3 is 0 Å². The van der Waals surface area contributed by atoms with Crippen LogP contribution in [-0.2, 0) is 18.4 Å². The minimum Gasteiger partial charge on any atom is -0.357 e. The number of amides is 1. The van der Waals surface area contributed by atoms with Gasteiger partial charge in [0.1, 0.15) is 21.8 Å². The molecule has 1 atom stereocenters. The molecular formula is C25H26N4O2S2. The summed E-state index contributed by atoms with van der Waals surface area (Å²) in [5.41, 5.74) is 2.14. The van der Waals surface area contributed by atoms with Crippen molar-refractivity contribution in [3.8, 4) is 6.07 Å². The summed E-state index contributed by atoms with van der Waals surface area (Å²) < 4.78 is 2.06. The van der Waals surface area contributed by atoms with E-state index >= 15 is 0 Å². The largest absolute Gasteiger partial charge is 0.357 e. The lowest BCUT2D eigenvalue weighted by atomic mass is 9.98. The van der Waals surface area contributed by atoms with Gasteiger partial charge < -0.3 is 4.90 Å². The van der Waals surface area contributed by atoms with E-state index in [2.05, 4.69) is 17.9 Å². The Balaban J connectivity index is 1.79. The van der Waals surface area contributed by atoms with Crippen molar-refractivity contribution < 1.29 is 4.79 Å². The van der Waals surface area contributed by atoms with Crippen molar-refractivity contribution in [3.63, 3.8) is 0 Å². The maximum Gasteiger partial charge on any atom is 0.270 e. The fraction of sp³-hybridized carbons (Fsp3) is 0.360. The van der Waals surface area contributed by atoms with Crippen LogP contribution in [0.4, 0.5) is 5.82 Å². The zero-order chi connectivity index (χ0) is 23.7. The molecule has 2 saturated heterocycles. The molecule has 2 aliphatic rings. The summed E-state index contributed by atoms with van der Waals surface area (Å²) in [6.07, 6.45) is 3.99. The lowest BCUT2D eigenvalue weighted by Crippen LogP contribution is -2.39. The molecule has 170 valence electrons. The highest BCUT2D eigenvalue weighted by atomic mass is 32.2. The number of anilines is 1.